The van der Waals surface area contributed by atoms with Crippen molar-refractivity contribution in [1.29, 1.82) is 0 Å². The van der Waals surface area contributed by atoms with Gasteiger partial charge in [-0.15, -0.1) is 0 Å². The van der Waals surface area contributed by atoms with Crippen LogP contribution in [0.2, 0.25) is 0 Å². The zero-order chi connectivity index (χ0) is 21.9. The molecule has 2 aliphatic rings. The van der Waals surface area contributed by atoms with E-state index < -0.39 is 5.41 Å². The first-order valence-corrected chi connectivity index (χ1v) is 10.7. The van der Waals surface area contributed by atoms with E-state index in [2.05, 4.69) is 38.1 Å². The monoisotopic (exact) mass is 414 g/mol. The maximum atomic E-state index is 13.9. The van der Waals surface area contributed by atoms with E-state index >= 15 is 0 Å². The largest absolute Gasteiger partial charge is 0.311 e. The first-order valence-electron chi connectivity index (χ1n) is 10.7. The van der Waals surface area contributed by atoms with Gasteiger partial charge in [-0.2, -0.15) is 5.10 Å². The first-order chi connectivity index (χ1) is 14.8. The Balaban J connectivity index is 1.73. The number of carbonyl (C=O) groups excluding carboxylic acids is 2. The fourth-order valence-corrected chi connectivity index (χ4v) is 4.85. The number of nitrogens with one attached hydrogen (secondary N) is 1. The molecule has 1 atom stereocenters. The van der Waals surface area contributed by atoms with E-state index in [1.807, 2.05) is 47.4 Å². The van der Waals surface area contributed by atoms with E-state index in [9.17, 15) is 9.59 Å². The molecule has 0 fully saturated rings. The van der Waals surface area contributed by atoms with E-state index in [-0.39, 0.29) is 18.2 Å². The molecule has 6 nitrogen and oxygen atoms in total. The molecular formula is C25H26N4O2. The fraction of sp³-hybridized carbons (Fsp3) is 0.320. The Kier molecular flexibility index (Phi) is 4.29. The van der Waals surface area contributed by atoms with Crippen LogP contribution in [0.1, 0.15) is 42.5 Å². The van der Waals surface area contributed by atoms with Crippen LogP contribution in [0.5, 0.6) is 0 Å². The van der Waals surface area contributed by atoms with Crippen molar-refractivity contribution < 1.29 is 9.59 Å². The maximum Gasteiger partial charge on any atom is 0.242 e. The Labute approximate surface area is 181 Å². The lowest BCUT2D eigenvalue weighted by molar-refractivity contribution is -0.126. The van der Waals surface area contributed by atoms with Crippen molar-refractivity contribution >= 4 is 23.3 Å². The Morgan fingerprint density at radius 2 is 1.84 bits per heavy atom. The summed E-state index contributed by atoms with van der Waals surface area (Å²) >= 11 is 0. The summed E-state index contributed by atoms with van der Waals surface area (Å²) in [6.07, 6.45) is 1.83. The molecule has 6 heteroatoms. The number of para-hydroxylation sites is 1. The molecule has 0 saturated carbocycles. The standard InChI is InChI=1S/C25H26N4O2/c1-15(2)14-28-21-8-6-5-7-19(21)25(24(28)31)12-22(30)27-23-20(25)13-26-29(23)18-10-9-16(3)17(4)11-18/h5-11,13,15H,12,14H2,1-4H3,(H,27,30). The molecule has 2 amide bonds. The van der Waals surface area contributed by atoms with Crippen molar-refractivity contribution in [3.63, 3.8) is 0 Å². The van der Waals surface area contributed by atoms with Crippen LogP contribution in [0.4, 0.5) is 11.5 Å². The number of nitrogens with zero attached hydrogens (tertiary/aromatic N) is 3. The third kappa shape index (κ3) is 2.74. The third-order valence-corrected chi connectivity index (χ3v) is 6.46. The molecule has 0 saturated heterocycles. The zero-order valence-corrected chi connectivity index (χ0v) is 18.3. The lowest BCUT2D eigenvalue weighted by atomic mass is 9.72. The number of carbonyl (C=O) groups is 2. The van der Waals surface area contributed by atoms with Crippen LogP contribution in [-0.4, -0.2) is 28.1 Å². The number of aryl methyl sites for hydroxylation is 2. The second kappa shape index (κ2) is 6.80. The van der Waals surface area contributed by atoms with Gasteiger partial charge in [0, 0.05) is 24.2 Å². The van der Waals surface area contributed by atoms with E-state index in [1.165, 1.54) is 5.56 Å². The lowest BCUT2D eigenvalue weighted by Crippen LogP contribution is -2.47. The topological polar surface area (TPSA) is 67.2 Å². The van der Waals surface area contributed by atoms with Crippen molar-refractivity contribution in [2.24, 2.45) is 5.92 Å². The number of aromatic nitrogens is 2. The van der Waals surface area contributed by atoms with Gasteiger partial charge in [0.05, 0.1) is 11.9 Å². The van der Waals surface area contributed by atoms with E-state index in [4.69, 9.17) is 0 Å². The average molecular weight is 415 g/mol. The SMILES string of the molecule is Cc1ccc(-n2ncc3c2NC(=O)CC32C(=O)N(CC(C)C)c3ccccc32)cc1C. The minimum absolute atomic E-state index is 0.0434. The lowest BCUT2D eigenvalue weighted by Gasteiger charge is -2.32. The molecule has 158 valence electrons. The van der Waals surface area contributed by atoms with Crippen LogP contribution in [0.3, 0.4) is 0 Å². The molecule has 1 N–H and O–H groups in total. The quantitative estimate of drug-likeness (QED) is 0.701. The molecule has 2 aromatic carbocycles. The van der Waals surface area contributed by atoms with Crippen LogP contribution in [0.15, 0.2) is 48.7 Å². The number of rotatable bonds is 3. The summed E-state index contributed by atoms with van der Waals surface area (Å²) < 4.78 is 1.74. The number of hydrogen-bond acceptors (Lipinski definition) is 3. The Morgan fingerprint density at radius 1 is 1.06 bits per heavy atom. The highest BCUT2D eigenvalue weighted by Crippen LogP contribution is 2.52. The third-order valence-electron chi connectivity index (χ3n) is 6.46. The fourth-order valence-electron chi connectivity index (χ4n) is 4.85. The molecule has 3 heterocycles. The molecule has 0 radical (unpaired) electrons. The first kappa shape index (κ1) is 19.5. The number of amides is 2. The van der Waals surface area contributed by atoms with E-state index in [1.54, 1.807) is 10.9 Å². The number of hydrogen-bond donors (Lipinski definition) is 1. The van der Waals surface area contributed by atoms with Crippen LogP contribution in [0.25, 0.3) is 5.69 Å². The molecule has 0 bridgehead atoms. The predicted octanol–water partition coefficient (Wildman–Crippen LogP) is 4.12. The minimum atomic E-state index is -1.04. The average Bonchev–Trinajstić information content (AvgIpc) is 3.25. The number of anilines is 2. The van der Waals surface area contributed by atoms with Crippen molar-refractivity contribution in [3.8, 4) is 5.69 Å². The smallest absolute Gasteiger partial charge is 0.242 e. The van der Waals surface area contributed by atoms with Crippen molar-refractivity contribution in [3.05, 3.63) is 70.9 Å². The summed E-state index contributed by atoms with van der Waals surface area (Å²) in [5, 5.41) is 7.61. The maximum absolute atomic E-state index is 13.9. The van der Waals surface area contributed by atoms with Gasteiger partial charge < -0.3 is 10.2 Å². The summed E-state index contributed by atoms with van der Waals surface area (Å²) in [7, 11) is 0. The number of fused-ring (bicyclic) bond motifs is 4. The highest BCUT2D eigenvalue weighted by Gasteiger charge is 2.57. The van der Waals surface area contributed by atoms with Gasteiger partial charge in [0.15, 0.2) is 0 Å². The van der Waals surface area contributed by atoms with Gasteiger partial charge in [0.1, 0.15) is 11.2 Å². The minimum Gasteiger partial charge on any atom is -0.311 e. The van der Waals surface area contributed by atoms with Crippen LogP contribution >= 0.6 is 0 Å². The van der Waals surface area contributed by atoms with Crippen molar-refractivity contribution in [2.45, 2.75) is 39.5 Å². The van der Waals surface area contributed by atoms with E-state index in [0.717, 1.165) is 28.1 Å². The Morgan fingerprint density at radius 3 is 2.58 bits per heavy atom. The number of benzene rings is 2. The molecule has 0 aliphatic carbocycles. The highest BCUT2D eigenvalue weighted by atomic mass is 16.2. The highest BCUT2D eigenvalue weighted by molar-refractivity contribution is 6.15. The summed E-state index contributed by atoms with van der Waals surface area (Å²) in [5.41, 5.74) is 4.69. The second-order valence-electron chi connectivity index (χ2n) is 9.04. The molecular weight excluding hydrogens is 388 g/mol. The normalized spacial score (nSPS) is 19.7. The van der Waals surface area contributed by atoms with Gasteiger partial charge in [-0.25, -0.2) is 4.68 Å². The Bertz CT molecular complexity index is 1230. The molecule has 31 heavy (non-hydrogen) atoms. The summed E-state index contributed by atoms with van der Waals surface area (Å²) in [4.78, 5) is 28.7. The molecule has 1 spiro atoms. The summed E-state index contributed by atoms with van der Waals surface area (Å²) in [5.74, 6) is 0.669. The van der Waals surface area contributed by atoms with Crippen LogP contribution in [0, 0.1) is 19.8 Å². The van der Waals surface area contributed by atoms with Crippen LogP contribution in [-0.2, 0) is 15.0 Å². The predicted molar refractivity (Wildman–Crippen MR) is 121 cm³/mol. The summed E-state index contributed by atoms with van der Waals surface area (Å²) in [6.45, 7) is 8.91. The van der Waals surface area contributed by atoms with Gasteiger partial charge >= 0.3 is 0 Å². The molecule has 2 aliphatic heterocycles. The summed E-state index contributed by atoms with van der Waals surface area (Å²) in [6, 6.07) is 13.9. The van der Waals surface area contributed by atoms with Gasteiger partial charge in [0.2, 0.25) is 11.8 Å². The molecule has 5 rings (SSSR count). The van der Waals surface area contributed by atoms with Gasteiger partial charge in [-0.1, -0.05) is 38.1 Å². The molecule has 1 aromatic heterocycles. The second-order valence-corrected chi connectivity index (χ2v) is 9.04. The van der Waals surface area contributed by atoms with Gasteiger partial charge in [-0.05, 0) is 54.7 Å². The van der Waals surface area contributed by atoms with Gasteiger partial charge in [-0.3, -0.25) is 9.59 Å². The molecule has 3 aromatic rings. The van der Waals surface area contributed by atoms with Crippen LogP contribution < -0.4 is 10.2 Å². The van der Waals surface area contributed by atoms with E-state index in [0.29, 0.717) is 18.3 Å². The zero-order valence-electron chi connectivity index (χ0n) is 18.3. The van der Waals surface area contributed by atoms with Crippen molar-refractivity contribution in [1.82, 2.24) is 9.78 Å². The molecule has 1 unspecified atom stereocenters. The van der Waals surface area contributed by atoms with Gasteiger partial charge in [0.25, 0.3) is 0 Å². The Hall–Kier alpha value is -3.41. The van der Waals surface area contributed by atoms with Crippen molar-refractivity contribution in [2.75, 3.05) is 16.8 Å².